The topological polar surface area (TPSA) is 70.6 Å². The molecule has 3 rings (SSSR count). The van der Waals surface area contributed by atoms with E-state index in [1.807, 2.05) is 4.90 Å². The van der Waals surface area contributed by atoms with Crippen molar-refractivity contribution in [3.8, 4) is 5.75 Å². The van der Waals surface area contributed by atoms with Gasteiger partial charge in [0, 0.05) is 26.2 Å². The fraction of sp³-hybridized carbons (Fsp3) is 0.545. The summed E-state index contributed by atoms with van der Waals surface area (Å²) in [6.45, 7) is 2.74. The van der Waals surface area contributed by atoms with Gasteiger partial charge in [0.2, 0.25) is 0 Å². The number of hydrogen-bond donors (Lipinski definition) is 1. The molecule has 1 aromatic rings. The average Bonchev–Trinajstić information content (AvgIpc) is 2.79. The van der Waals surface area contributed by atoms with Crippen LogP contribution in [0.5, 0.6) is 5.75 Å². The van der Waals surface area contributed by atoms with Crippen molar-refractivity contribution in [3.63, 3.8) is 0 Å². The summed E-state index contributed by atoms with van der Waals surface area (Å²) in [7, 11) is 1.55. The number of fused-ring (bicyclic) bond motifs is 1. The number of amides is 2. The van der Waals surface area contributed by atoms with E-state index in [-0.39, 0.29) is 12.1 Å². The lowest BCUT2D eigenvalue weighted by Gasteiger charge is -2.37. The number of halogens is 1. The number of methoxy groups -OCH3 is 1. The van der Waals surface area contributed by atoms with Crippen molar-refractivity contribution in [2.45, 2.75) is 6.04 Å². The van der Waals surface area contributed by atoms with E-state index >= 15 is 0 Å². The molecule has 0 saturated carbocycles. The van der Waals surface area contributed by atoms with Crippen LogP contribution in [-0.2, 0) is 0 Å². The first-order valence-electron chi connectivity index (χ1n) is 6.04. The molecule has 1 aromatic heterocycles. The Morgan fingerprint density at radius 1 is 1.47 bits per heavy atom. The molecule has 1 N–H and O–H groups in total. The van der Waals surface area contributed by atoms with Gasteiger partial charge in [-0.2, -0.15) is 0 Å². The van der Waals surface area contributed by atoms with E-state index in [1.54, 1.807) is 7.11 Å². The van der Waals surface area contributed by atoms with Gasteiger partial charge in [-0.1, -0.05) is 11.6 Å². The number of urea groups is 1. The number of carbonyl (C=O) groups is 1. The summed E-state index contributed by atoms with van der Waals surface area (Å²) in [6.07, 6.45) is 1.42. The Morgan fingerprint density at radius 3 is 3.11 bits per heavy atom. The van der Waals surface area contributed by atoms with Crippen molar-refractivity contribution in [1.29, 1.82) is 0 Å². The molecule has 2 saturated heterocycles. The van der Waals surface area contributed by atoms with Crippen LogP contribution in [0.4, 0.5) is 10.6 Å². The van der Waals surface area contributed by atoms with E-state index in [1.165, 1.54) is 6.33 Å². The zero-order chi connectivity index (χ0) is 13.4. The molecule has 3 heterocycles. The van der Waals surface area contributed by atoms with Crippen LogP contribution in [0.1, 0.15) is 0 Å². The second-order valence-electron chi connectivity index (χ2n) is 4.50. The maximum absolute atomic E-state index is 11.6. The van der Waals surface area contributed by atoms with Crippen molar-refractivity contribution in [2.24, 2.45) is 0 Å². The van der Waals surface area contributed by atoms with Crippen LogP contribution in [0.3, 0.4) is 0 Å². The molecular weight excluding hydrogens is 270 g/mol. The number of rotatable bonds is 2. The molecule has 0 spiro atoms. The molecule has 0 aromatic carbocycles. The van der Waals surface area contributed by atoms with Gasteiger partial charge in [-0.15, -0.1) is 0 Å². The van der Waals surface area contributed by atoms with Gasteiger partial charge in [0.15, 0.2) is 16.7 Å². The van der Waals surface area contributed by atoms with E-state index in [0.717, 1.165) is 0 Å². The molecular formula is C11H14ClN5O2. The van der Waals surface area contributed by atoms with Crippen LogP contribution in [0.15, 0.2) is 6.33 Å². The SMILES string of the molecule is COc1c(Cl)ncnc1N1CCN2C(=O)NCC2C1. The fourth-order valence-corrected chi connectivity index (χ4v) is 2.75. The number of nitrogens with one attached hydrogen (secondary N) is 1. The maximum Gasteiger partial charge on any atom is 0.317 e. The quantitative estimate of drug-likeness (QED) is 0.793. The Hall–Kier alpha value is -1.76. The highest BCUT2D eigenvalue weighted by Crippen LogP contribution is 2.32. The third-order valence-corrected chi connectivity index (χ3v) is 3.75. The third kappa shape index (κ3) is 2.03. The van der Waals surface area contributed by atoms with Gasteiger partial charge < -0.3 is 19.9 Å². The lowest BCUT2D eigenvalue weighted by Crippen LogP contribution is -2.52. The zero-order valence-corrected chi connectivity index (χ0v) is 11.2. The van der Waals surface area contributed by atoms with Crippen molar-refractivity contribution in [1.82, 2.24) is 20.2 Å². The molecule has 102 valence electrons. The number of anilines is 1. The number of aromatic nitrogens is 2. The second kappa shape index (κ2) is 4.73. The monoisotopic (exact) mass is 283 g/mol. The molecule has 19 heavy (non-hydrogen) atoms. The smallest absolute Gasteiger partial charge is 0.317 e. The van der Waals surface area contributed by atoms with Gasteiger partial charge in [-0.25, -0.2) is 14.8 Å². The molecule has 2 fully saturated rings. The number of ether oxygens (including phenoxy) is 1. The first-order valence-corrected chi connectivity index (χ1v) is 6.42. The molecule has 2 amide bonds. The molecule has 1 atom stereocenters. The summed E-state index contributed by atoms with van der Waals surface area (Å²) >= 11 is 6.00. The molecule has 8 heteroatoms. The van der Waals surface area contributed by atoms with Gasteiger partial charge >= 0.3 is 6.03 Å². The molecule has 7 nitrogen and oxygen atoms in total. The summed E-state index contributed by atoms with van der Waals surface area (Å²) in [5, 5.41) is 3.15. The van der Waals surface area contributed by atoms with Gasteiger partial charge in [0.1, 0.15) is 6.33 Å². The summed E-state index contributed by atoms with van der Waals surface area (Å²) in [5.41, 5.74) is 0. The molecule has 0 aliphatic carbocycles. The van der Waals surface area contributed by atoms with Crippen molar-refractivity contribution in [3.05, 3.63) is 11.5 Å². The summed E-state index contributed by atoms with van der Waals surface area (Å²) in [5.74, 6) is 1.16. The number of piperazine rings is 1. The average molecular weight is 284 g/mol. The van der Waals surface area contributed by atoms with Gasteiger partial charge in [-0.05, 0) is 0 Å². The summed E-state index contributed by atoms with van der Waals surface area (Å²) < 4.78 is 5.27. The second-order valence-corrected chi connectivity index (χ2v) is 4.86. The predicted molar refractivity (Wildman–Crippen MR) is 69.7 cm³/mol. The van der Waals surface area contributed by atoms with E-state index in [0.29, 0.717) is 42.9 Å². The minimum absolute atomic E-state index is 0.0114. The molecule has 2 aliphatic heterocycles. The highest BCUT2D eigenvalue weighted by atomic mass is 35.5. The normalized spacial score (nSPS) is 22.2. The number of carbonyl (C=O) groups excluding carboxylic acids is 1. The largest absolute Gasteiger partial charge is 0.490 e. The standard InChI is InChI=1S/C11H14ClN5O2/c1-19-8-9(12)14-6-15-10(8)16-2-3-17-7(5-16)4-13-11(17)18/h6-7H,2-5H2,1H3,(H,13,18). The Morgan fingerprint density at radius 2 is 2.32 bits per heavy atom. The Balaban J connectivity index is 1.84. The van der Waals surface area contributed by atoms with Crippen LogP contribution in [0, 0.1) is 0 Å². The van der Waals surface area contributed by atoms with E-state index in [4.69, 9.17) is 16.3 Å². The van der Waals surface area contributed by atoms with Crippen LogP contribution < -0.4 is 15.0 Å². The first-order chi connectivity index (χ1) is 9.20. The van der Waals surface area contributed by atoms with Crippen molar-refractivity contribution < 1.29 is 9.53 Å². The molecule has 2 aliphatic rings. The minimum Gasteiger partial charge on any atom is -0.490 e. The lowest BCUT2D eigenvalue weighted by atomic mass is 10.2. The molecule has 0 bridgehead atoms. The van der Waals surface area contributed by atoms with E-state index in [2.05, 4.69) is 20.2 Å². The van der Waals surface area contributed by atoms with Gasteiger partial charge in [0.05, 0.1) is 13.2 Å². The fourth-order valence-electron chi connectivity index (χ4n) is 2.54. The van der Waals surface area contributed by atoms with E-state index in [9.17, 15) is 4.79 Å². The van der Waals surface area contributed by atoms with Crippen LogP contribution in [-0.4, -0.2) is 60.2 Å². The number of hydrogen-bond acceptors (Lipinski definition) is 5. The van der Waals surface area contributed by atoms with Crippen LogP contribution >= 0.6 is 11.6 Å². The first kappa shape index (κ1) is 12.3. The van der Waals surface area contributed by atoms with Gasteiger partial charge in [-0.3, -0.25) is 0 Å². The maximum atomic E-state index is 11.6. The number of nitrogens with zero attached hydrogens (tertiary/aromatic N) is 4. The highest BCUT2D eigenvalue weighted by molar-refractivity contribution is 6.31. The lowest BCUT2D eigenvalue weighted by molar-refractivity contribution is 0.197. The summed E-state index contributed by atoms with van der Waals surface area (Å²) in [6, 6.07) is 0.178. The van der Waals surface area contributed by atoms with Crippen LogP contribution in [0.2, 0.25) is 5.15 Å². The predicted octanol–water partition coefficient (Wildman–Crippen LogP) is 0.352. The zero-order valence-electron chi connectivity index (χ0n) is 10.5. The highest BCUT2D eigenvalue weighted by Gasteiger charge is 2.36. The van der Waals surface area contributed by atoms with E-state index < -0.39 is 0 Å². The summed E-state index contributed by atoms with van der Waals surface area (Å²) in [4.78, 5) is 23.6. The third-order valence-electron chi connectivity index (χ3n) is 3.48. The van der Waals surface area contributed by atoms with Crippen molar-refractivity contribution in [2.75, 3.05) is 38.2 Å². The Kier molecular flexibility index (Phi) is 3.06. The molecule has 0 radical (unpaired) electrons. The Bertz CT molecular complexity index is 512. The van der Waals surface area contributed by atoms with Gasteiger partial charge in [0.25, 0.3) is 0 Å². The van der Waals surface area contributed by atoms with Crippen molar-refractivity contribution >= 4 is 23.4 Å². The minimum atomic E-state index is 0.0114. The Labute approximate surface area is 115 Å². The van der Waals surface area contributed by atoms with Crippen LogP contribution in [0.25, 0.3) is 0 Å². The molecule has 1 unspecified atom stereocenters.